The zero-order chi connectivity index (χ0) is 22.5. The highest BCUT2D eigenvalue weighted by Crippen LogP contribution is 2.30. The van der Waals surface area contributed by atoms with E-state index in [1.165, 1.54) is 17.2 Å². The third-order valence-electron chi connectivity index (χ3n) is 5.37. The number of nitrogens with one attached hydrogen (secondary N) is 1. The van der Waals surface area contributed by atoms with Crippen molar-refractivity contribution in [1.82, 2.24) is 5.32 Å². The highest BCUT2D eigenvalue weighted by Gasteiger charge is 2.24. The van der Waals surface area contributed by atoms with Gasteiger partial charge in [-0.25, -0.2) is 4.79 Å². The lowest BCUT2D eigenvalue weighted by Crippen LogP contribution is -2.29. The van der Waals surface area contributed by atoms with Crippen LogP contribution in [0.25, 0.3) is 6.08 Å². The molecule has 0 spiro atoms. The first kappa shape index (κ1) is 21.8. The van der Waals surface area contributed by atoms with E-state index >= 15 is 0 Å². The van der Waals surface area contributed by atoms with Crippen LogP contribution in [0, 0.1) is 5.92 Å². The molecule has 0 atom stereocenters. The van der Waals surface area contributed by atoms with E-state index in [-0.39, 0.29) is 23.9 Å². The number of ether oxygens (including phenoxy) is 1. The van der Waals surface area contributed by atoms with E-state index in [1.807, 2.05) is 36.4 Å². The van der Waals surface area contributed by atoms with E-state index in [0.717, 1.165) is 17.3 Å². The molecular formula is C26H22BrNO4. The van der Waals surface area contributed by atoms with Crippen molar-refractivity contribution in [2.24, 2.45) is 5.92 Å². The monoisotopic (exact) mass is 491 g/mol. The zero-order valence-corrected chi connectivity index (χ0v) is 18.8. The molecule has 0 heterocycles. The number of halogens is 1. The zero-order valence-electron chi connectivity index (χ0n) is 17.3. The van der Waals surface area contributed by atoms with Crippen molar-refractivity contribution in [2.75, 3.05) is 0 Å². The van der Waals surface area contributed by atoms with Gasteiger partial charge in [0, 0.05) is 6.42 Å². The molecule has 1 aliphatic carbocycles. The first-order chi connectivity index (χ1) is 15.5. The van der Waals surface area contributed by atoms with Gasteiger partial charge in [0.05, 0.1) is 4.47 Å². The summed E-state index contributed by atoms with van der Waals surface area (Å²) < 4.78 is 6.67. The van der Waals surface area contributed by atoms with Crippen molar-refractivity contribution in [2.45, 2.75) is 19.3 Å². The summed E-state index contributed by atoms with van der Waals surface area (Å²) in [4.78, 5) is 24.2. The molecular weight excluding hydrogens is 470 g/mol. The van der Waals surface area contributed by atoms with Gasteiger partial charge in [-0.1, -0.05) is 48.5 Å². The Labute approximate surface area is 194 Å². The van der Waals surface area contributed by atoms with Crippen molar-refractivity contribution in [1.29, 1.82) is 0 Å². The Morgan fingerprint density at radius 1 is 0.969 bits per heavy atom. The van der Waals surface area contributed by atoms with Gasteiger partial charge < -0.3 is 15.2 Å². The summed E-state index contributed by atoms with van der Waals surface area (Å²) in [6.07, 6.45) is 3.42. The Morgan fingerprint density at radius 2 is 1.59 bits per heavy atom. The minimum absolute atomic E-state index is 0.148. The van der Waals surface area contributed by atoms with E-state index in [2.05, 4.69) is 33.4 Å². The summed E-state index contributed by atoms with van der Waals surface area (Å²) in [5.74, 6) is 0.0298. The van der Waals surface area contributed by atoms with E-state index in [4.69, 9.17) is 4.74 Å². The van der Waals surface area contributed by atoms with Gasteiger partial charge in [-0.15, -0.1) is 0 Å². The molecule has 1 aliphatic rings. The number of hydrogen-bond acceptors (Lipinski definition) is 3. The molecule has 32 heavy (non-hydrogen) atoms. The second-order valence-electron chi connectivity index (χ2n) is 7.76. The lowest BCUT2D eigenvalue weighted by Gasteiger charge is -2.11. The smallest absolute Gasteiger partial charge is 0.352 e. The molecule has 3 aromatic rings. The molecule has 0 aromatic heterocycles. The minimum Gasteiger partial charge on any atom is -0.477 e. The van der Waals surface area contributed by atoms with Crippen LogP contribution < -0.4 is 10.1 Å². The summed E-state index contributed by atoms with van der Waals surface area (Å²) >= 11 is 3.44. The van der Waals surface area contributed by atoms with Crippen LogP contribution in [0.2, 0.25) is 0 Å². The Hall–Kier alpha value is -3.38. The number of fused-ring (bicyclic) bond motifs is 1. The number of carbonyl (C=O) groups excluding carboxylic acids is 1. The van der Waals surface area contributed by atoms with Crippen LogP contribution in [0.3, 0.4) is 0 Å². The Balaban J connectivity index is 1.39. The Morgan fingerprint density at radius 3 is 2.22 bits per heavy atom. The number of carbonyl (C=O) groups is 2. The number of aliphatic carboxylic acids is 1. The highest BCUT2D eigenvalue weighted by molar-refractivity contribution is 9.10. The van der Waals surface area contributed by atoms with Gasteiger partial charge in [0.2, 0.25) is 5.91 Å². The quantitative estimate of drug-likeness (QED) is 0.422. The van der Waals surface area contributed by atoms with Crippen LogP contribution in [-0.4, -0.2) is 17.0 Å². The molecule has 162 valence electrons. The fourth-order valence-electron chi connectivity index (χ4n) is 3.86. The van der Waals surface area contributed by atoms with Crippen molar-refractivity contribution in [3.63, 3.8) is 0 Å². The predicted octanol–water partition coefficient (Wildman–Crippen LogP) is 5.59. The topological polar surface area (TPSA) is 75.6 Å². The molecule has 0 bridgehead atoms. The molecule has 0 radical (unpaired) electrons. The summed E-state index contributed by atoms with van der Waals surface area (Å²) in [7, 11) is 0. The van der Waals surface area contributed by atoms with Crippen molar-refractivity contribution < 1.29 is 19.4 Å². The summed E-state index contributed by atoms with van der Waals surface area (Å²) in [6, 6.07) is 22.7. The van der Waals surface area contributed by atoms with Crippen LogP contribution in [0.5, 0.6) is 11.5 Å². The molecule has 0 aliphatic heterocycles. The van der Waals surface area contributed by atoms with Gasteiger partial charge in [0.15, 0.2) is 0 Å². The average Bonchev–Trinajstić information content (AvgIpc) is 3.18. The van der Waals surface area contributed by atoms with Crippen LogP contribution >= 0.6 is 15.9 Å². The predicted molar refractivity (Wildman–Crippen MR) is 126 cm³/mol. The maximum Gasteiger partial charge on any atom is 0.352 e. The number of amides is 1. The van der Waals surface area contributed by atoms with Gasteiger partial charge in [-0.2, -0.15) is 0 Å². The number of benzene rings is 3. The van der Waals surface area contributed by atoms with Crippen LogP contribution in [-0.2, 0) is 22.4 Å². The number of para-hydroxylation sites is 1. The second kappa shape index (κ2) is 9.83. The highest BCUT2D eigenvalue weighted by atomic mass is 79.9. The van der Waals surface area contributed by atoms with Gasteiger partial charge in [0.1, 0.15) is 17.2 Å². The average molecular weight is 492 g/mol. The first-order valence-electron chi connectivity index (χ1n) is 10.3. The molecule has 6 heteroatoms. The standard InChI is InChI=1S/C26H22BrNO4/c27-22-7-3-4-8-24(22)32-21-11-9-17(10-12-21)15-23(26(30)31)28-25(29)16-18-13-19-5-1-2-6-20(19)14-18/h1-12,15,18H,13-14,16H2,(H,28,29)(H,30,31). The van der Waals surface area contributed by atoms with Crippen molar-refractivity contribution in [3.05, 3.63) is 99.7 Å². The SMILES string of the molecule is O=C(CC1Cc2ccccc2C1)NC(=Cc1ccc(Oc2ccccc2Br)cc1)C(=O)O. The third-order valence-corrected chi connectivity index (χ3v) is 6.02. The largest absolute Gasteiger partial charge is 0.477 e. The molecule has 3 aromatic carbocycles. The fraction of sp³-hybridized carbons (Fsp3) is 0.154. The number of rotatable bonds is 7. The van der Waals surface area contributed by atoms with Gasteiger partial charge >= 0.3 is 5.97 Å². The molecule has 0 unspecified atom stereocenters. The molecule has 2 N–H and O–H groups in total. The molecule has 0 saturated heterocycles. The van der Waals surface area contributed by atoms with Gasteiger partial charge in [-0.05, 0) is 81.7 Å². The molecule has 1 amide bonds. The maximum absolute atomic E-state index is 12.5. The van der Waals surface area contributed by atoms with Gasteiger partial charge in [0.25, 0.3) is 0 Å². The molecule has 0 fully saturated rings. The lowest BCUT2D eigenvalue weighted by molar-refractivity contribution is -0.134. The Bertz CT molecular complexity index is 1150. The van der Waals surface area contributed by atoms with Crippen LogP contribution in [0.1, 0.15) is 23.1 Å². The number of carboxylic acids is 1. The normalized spacial score (nSPS) is 13.5. The number of hydrogen-bond donors (Lipinski definition) is 2. The second-order valence-corrected chi connectivity index (χ2v) is 8.61. The minimum atomic E-state index is -1.18. The summed E-state index contributed by atoms with van der Waals surface area (Å²) in [6.45, 7) is 0. The fourth-order valence-corrected chi connectivity index (χ4v) is 4.23. The van der Waals surface area contributed by atoms with E-state index in [0.29, 0.717) is 17.1 Å². The van der Waals surface area contributed by atoms with Gasteiger partial charge in [-0.3, -0.25) is 4.79 Å². The molecule has 5 nitrogen and oxygen atoms in total. The van der Waals surface area contributed by atoms with Crippen molar-refractivity contribution in [3.8, 4) is 11.5 Å². The van der Waals surface area contributed by atoms with Crippen LogP contribution in [0.15, 0.2) is 83.0 Å². The van der Waals surface area contributed by atoms with E-state index < -0.39 is 5.97 Å². The molecule has 4 rings (SSSR count). The number of carboxylic acid groups (broad SMARTS) is 1. The van der Waals surface area contributed by atoms with Crippen LogP contribution in [0.4, 0.5) is 0 Å². The Kier molecular flexibility index (Phi) is 6.71. The molecule has 0 saturated carbocycles. The van der Waals surface area contributed by atoms with E-state index in [1.54, 1.807) is 24.3 Å². The lowest BCUT2D eigenvalue weighted by atomic mass is 10.0. The summed E-state index contributed by atoms with van der Waals surface area (Å²) in [5.41, 5.74) is 3.04. The van der Waals surface area contributed by atoms with E-state index in [9.17, 15) is 14.7 Å². The maximum atomic E-state index is 12.5. The van der Waals surface area contributed by atoms with Crippen molar-refractivity contribution >= 4 is 33.9 Å². The first-order valence-corrected chi connectivity index (χ1v) is 11.1. The summed E-state index contributed by atoms with van der Waals surface area (Å²) in [5, 5.41) is 12.1. The third kappa shape index (κ3) is 5.45.